The third-order valence-electron chi connectivity index (χ3n) is 3.05. The van der Waals surface area contributed by atoms with E-state index in [1.807, 2.05) is 19.1 Å². The molecule has 0 amide bonds. The second-order valence-electron chi connectivity index (χ2n) is 4.39. The van der Waals surface area contributed by atoms with E-state index in [0.717, 1.165) is 18.4 Å². The molecule has 102 valence electrons. The van der Waals surface area contributed by atoms with Gasteiger partial charge < -0.3 is 9.73 Å². The van der Waals surface area contributed by atoms with Crippen LogP contribution in [-0.4, -0.2) is 6.54 Å². The Morgan fingerprint density at radius 2 is 2.11 bits per heavy atom. The summed E-state index contributed by atoms with van der Waals surface area (Å²) in [6.45, 7) is 2.68. The fourth-order valence-electron chi connectivity index (χ4n) is 2.14. The molecule has 0 aliphatic carbocycles. The van der Waals surface area contributed by atoms with Crippen LogP contribution in [0.25, 0.3) is 0 Å². The van der Waals surface area contributed by atoms with Crippen molar-refractivity contribution in [3.63, 3.8) is 0 Å². The second kappa shape index (κ2) is 6.48. The van der Waals surface area contributed by atoms with Crippen molar-refractivity contribution in [1.82, 2.24) is 5.32 Å². The first-order valence-electron chi connectivity index (χ1n) is 6.41. The van der Waals surface area contributed by atoms with E-state index in [9.17, 15) is 8.78 Å². The van der Waals surface area contributed by atoms with Gasteiger partial charge in [-0.15, -0.1) is 0 Å². The Hall–Kier alpha value is -1.68. The van der Waals surface area contributed by atoms with Crippen LogP contribution >= 0.6 is 0 Å². The smallest absolute Gasteiger partial charge is 0.130 e. The van der Waals surface area contributed by atoms with E-state index in [1.54, 1.807) is 6.26 Å². The Morgan fingerprint density at radius 1 is 1.26 bits per heavy atom. The summed E-state index contributed by atoms with van der Waals surface area (Å²) in [6, 6.07) is 7.29. The first-order valence-corrected chi connectivity index (χ1v) is 6.41. The SMILES string of the molecule is CCNC(CCc1ccco1)c1ccc(F)cc1F. The number of furan rings is 1. The lowest BCUT2D eigenvalue weighted by atomic mass is 10.0. The molecule has 0 spiro atoms. The van der Waals surface area contributed by atoms with Gasteiger partial charge >= 0.3 is 0 Å². The number of halogens is 2. The Balaban J connectivity index is 2.10. The molecule has 1 atom stereocenters. The van der Waals surface area contributed by atoms with E-state index < -0.39 is 11.6 Å². The molecule has 0 bridgehead atoms. The fraction of sp³-hybridized carbons (Fsp3) is 0.333. The molecule has 4 heteroatoms. The number of hydrogen-bond acceptors (Lipinski definition) is 2. The van der Waals surface area contributed by atoms with Crippen LogP contribution in [0.4, 0.5) is 8.78 Å². The first kappa shape index (κ1) is 13.7. The monoisotopic (exact) mass is 265 g/mol. The molecule has 1 aromatic carbocycles. The maximum Gasteiger partial charge on any atom is 0.130 e. The molecule has 0 saturated heterocycles. The van der Waals surface area contributed by atoms with Gasteiger partial charge in [0, 0.05) is 24.1 Å². The van der Waals surface area contributed by atoms with Crippen molar-refractivity contribution in [2.45, 2.75) is 25.8 Å². The van der Waals surface area contributed by atoms with Crippen LogP contribution in [0.15, 0.2) is 41.0 Å². The topological polar surface area (TPSA) is 25.2 Å². The summed E-state index contributed by atoms with van der Waals surface area (Å²) in [4.78, 5) is 0. The van der Waals surface area contributed by atoms with Crippen LogP contribution in [0.2, 0.25) is 0 Å². The summed E-state index contributed by atoms with van der Waals surface area (Å²) in [5, 5.41) is 3.22. The van der Waals surface area contributed by atoms with Gasteiger partial charge in [0.1, 0.15) is 17.4 Å². The molecule has 2 rings (SSSR count). The average Bonchev–Trinajstić information content (AvgIpc) is 2.88. The summed E-state index contributed by atoms with van der Waals surface area (Å²) >= 11 is 0. The highest BCUT2D eigenvalue weighted by Crippen LogP contribution is 2.23. The van der Waals surface area contributed by atoms with Crippen LogP contribution in [0.3, 0.4) is 0 Å². The van der Waals surface area contributed by atoms with Crippen molar-refractivity contribution in [2.24, 2.45) is 0 Å². The Labute approximate surface area is 111 Å². The number of hydrogen-bond donors (Lipinski definition) is 1. The third kappa shape index (κ3) is 3.64. The molecule has 1 unspecified atom stereocenters. The van der Waals surface area contributed by atoms with Gasteiger partial charge in [-0.25, -0.2) is 8.78 Å². The molecule has 2 nitrogen and oxygen atoms in total. The van der Waals surface area contributed by atoms with E-state index in [2.05, 4.69) is 5.32 Å². The molecule has 1 heterocycles. The summed E-state index contributed by atoms with van der Waals surface area (Å²) in [5.74, 6) is -0.196. The van der Waals surface area contributed by atoms with Crippen molar-refractivity contribution >= 4 is 0 Å². The first-order chi connectivity index (χ1) is 9.20. The minimum Gasteiger partial charge on any atom is -0.469 e. The highest BCUT2D eigenvalue weighted by Gasteiger charge is 2.15. The van der Waals surface area contributed by atoms with Crippen LogP contribution in [0, 0.1) is 11.6 Å². The maximum absolute atomic E-state index is 13.8. The number of aryl methyl sites for hydroxylation is 1. The van der Waals surface area contributed by atoms with Crippen molar-refractivity contribution < 1.29 is 13.2 Å². The Kier molecular flexibility index (Phi) is 4.68. The van der Waals surface area contributed by atoms with Gasteiger partial charge in [-0.05, 0) is 31.2 Å². The van der Waals surface area contributed by atoms with Crippen molar-refractivity contribution in [1.29, 1.82) is 0 Å². The molecule has 19 heavy (non-hydrogen) atoms. The van der Waals surface area contributed by atoms with Gasteiger partial charge in [0.2, 0.25) is 0 Å². The van der Waals surface area contributed by atoms with Crippen molar-refractivity contribution in [3.8, 4) is 0 Å². The van der Waals surface area contributed by atoms with Gasteiger partial charge in [0.25, 0.3) is 0 Å². The fourth-order valence-corrected chi connectivity index (χ4v) is 2.14. The molecular formula is C15H17F2NO. The number of rotatable bonds is 6. The third-order valence-corrected chi connectivity index (χ3v) is 3.05. The van der Waals surface area contributed by atoms with E-state index >= 15 is 0 Å². The Bertz CT molecular complexity index is 511. The molecule has 1 N–H and O–H groups in total. The summed E-state index contributed by atoms with van der Waals surface area (Å²) in [6.07, 6.45) is 3.03. The molecule has 0 radical (unpaired) electrons. The maximum atomic E-state index is 13.8. The predicted molar refractivity (Wildman–Crippen MR) is 69.8 cm³/mol. The predicted octanol–water partition coefficient (Wildman–Crippen LogP) is 3.84. The largest absolute Gasteiger partial charge is 0.469 e. The molecule has 0 saturated carbocycles. The van der Waals surface area contributed by atoms with Gasteiger partial charge in [0.05, 0.1) is 6.26 Å². The van der Waals surface area contributed by atoms with E-state index in [-0.39, 0.29) is 6.04 Å². The van der Waals surface area contributed by atoms with Crippen molar-refractivity contribution in [2.75, 3.05) is 6.54 Å². The number of benzene rings is 1. The molecular weight excluding hydrogens is 248 g/mol. The quantitative estimate of drug-likeness (QED) is 0.858. The van der Waals surface area contributed by atoms with Gasteiger partial charge in [-0.3, -0.25) is 0 Å². The molecule has 0 aliphatic rings. The van der Waals surface area contributed by atoms with Crippen LogP contribution in [0.1, 0.15) is 30.7 Å². The van der Waals surface area contributed by atoms with Gasteiger partial charge in [-0.2, -0.15) is 0 Å². The zero-order chi connectivity index (χ0) is 13.7. The highest BCUT2D eigenvalue weighted by atomic mass is 19.1. The summed E-state index contributed by atoms with van der Waals surface area (Å²) in [5.41, 5.74) is 0.495. The summed E-state index contributed by atoms with van der Waals surface area (Å²) < 4.78 is 32.0. The zero-order valence-corrected chi connectivity index (χ0v) is 10.8. The second-order valence-corrected chi connectivity index (χ2v) is 4.39. The zero-order valence-electron chi connectivity index (χ0n) is 10.8. The van der Waals surface area contributed by atoms with E-state index in [1.165, 1.54) is 12.1 Å². The highest BCUT2D eigenvalue weighted by molar-refractivity contribution is 5.22. The average molecular weight is 265 g/mol. The van der Waals surface area contributed by atoms with E-state index in [4.69, 9.17) is 4.42 Å². The number of nitrogens with one attached hydrogen (secondary N) is 1. The minimum atomic E-state index is -0.553. The van der Waals surface area contributed by atoms with Crippen LogP contribution < -0.4 is 5.32 Å². The standard InChI is InChI=1S/C15H17F2NO/c1-2-18-15(8-6-12-4-3-9-19-12)13-7-5-11(16)10-14(13)17/h3-5,7,9-10,15,18H,2,6,8H2,1H3. The lowest BCUT2D eigenvalue weighted by Gasteiger charge is -2.18. The van der Waals surface area contributed by atoms with Crippen LogP contribution in [-0.2, 0) is 6.42 Å². The van der Waals surface area contributed by atoms with Crippen molar-refractivity contribution in [3.05, 3.63) is 59.6 Å². The van der Waals surface area contributed by atoms with Gasteiger partial charge in [0.15, 0.2) is 0 Å². The lowest BCUT2D eigenvalue weighted by molar-refractivity contribution is 0.445. The van der Waals surface area contributed by atoms with Crippen LogP contribution in [0.5, 0.6) is 0 Å². The van der Waals surface area contributed by atoms with Gasteiger partial charge in [-0.1, -0.05) is 13.0 Å². The molecule has 1 aromatic heterocycles. The lowest BCUT2D eigenvalue weighted by Crippen LogP contribution is -2.22. The normalized spacial score (nSPS) is 12.6. The Morgan fingerprint density at radius 3 is 2.74 bits per heavy atom. The summed E-state index contributed by atoms with van der Waals surface area (Å²) in [7, 11) is 0. The minimum absolute atomic E-state index is 0.143. The molecule has 0 fully saturated rings. The van der Waals surface area contributed by atoms with E-state index in [0.29, 0.717) is 18.4 Å². The molecule has 0 aliphatic heterocycles. The molecule has 2 aromatic rings.